The van der Waals surface area contributed by atoms with Crippen molar-refractivity contribution < 1.29 is 9.53 Å². The van der Waals surface area contributed by atoms with Gasteiger partial charge in [0.25, 0.3) is 5.91 Å². The lowest BCUT2D eigenvalue weighted by atomic mass is 10.2. The van der Waals surface area contributed by atoms with E-state index in [4.69, 9.17) is 4.74 Å². The first kappa shape index (κ1) is 16.0. The molecule has 2 heterocycles. The number of benzene rings is 1. The normalized spacial score (nSPS) is 12.1. The maximum Gasteiger partial charge on any atom is 0.253 e. The first-order chi connectivity index (χ1) is 11.5. The Kier molecular flexibility index (Phi) is 4.46. The summed E-state index contributed by atoms with van der Waals surface area (Å²) in [5.41, 5.74) is 3.02. The van der Waals surface area contributed by atoms with E-state index < -0.39 is 0 Å². The lowest BCUT2D eigenvalue weighted by Gasteiger charge is -2.16. The number of amides is 1. The van der Waals surface area contributed by atoms with Crippen LogP contribution >= 0.6 is 0 Å². The molecule has 24 heavy (non-hydrogen) atoms. The van der Waals surface area contributed by atoms with E-state index in [0.717, 1.165) is 17.0 Å². The van der Waals surface area contributed by atoms with Crippen molar-refractivity contribution in [1.82, 2.24) is 19.9 Å². The van der Waals surface area contributed by atoms with E-state index in [-0.39, 0.29) is 11.9 Å². The van der Waals surface area contributed by atoms with Gasteiger partial charge in [0.1, 0.15) is 17.9 Å². The molecule has 0 aliphatic rings. The number of carbonyl (C=O) groups excluding carboxylic acids is 1. The number of carbonyl (C=O) groups is 1. The van der Waals surface area contributed by atoms with Crippen LogP contribution in [0.15, 0.2) is 42.9 Å². The Morgan fingerprint density at radius 1 is 1.33 bits per heavy atom. The number of pyridine rings is 1. The molecule has 6 heteroatoms. The fourth-order valence-corrected chi connectivity index (χ4v) is 2.42. The van der Waals surface area contributed by atoms with Crippen LogP contribution in [0.25, 0.3) is 11.2 Å². The van der Waals surface area contributed by atoms with Crippen LogP contribution < -0.4 is 10.1 Å². The molecular weight excluding hydrogens is 304 g/mol. The van der Waals surface area contributed by atoms with Gasteiger partial charge < -0.3 is 14.6 Å². The fraction of sp³-hybridized carbons (Fsp3) is 0.278. The predicted molar refractivity (Wildman–Crippen MR) is 92.1 cm³/mol. The van der Waals surface area contributed by atoms with Crippen LogP contribution in [0.3, 0.4) is 0 Å². The molecule has 0 radical (unpaired) electrons. The van der Waals surface area contributed by atoms with E-state index >= 15 is 0 Å². The molecule has 0 aliphatic heterocycles. The van der Waals surface area contributed by atoms with Crippen molar-refractivity contribution in [2.75, 3.05) is 6.61 Å². The number of fused-ring (bicyclic) bond motifs is 1. The van der Waals surface area contributed by atoms with Gasteiger partial charge in [0.15, 0.2) is 5.65 Å². The van der Waals surface area contributed by atoms with E-state index in [1.807, 2.05) is 49.7 Å². The standard InChI is InChI=1S/C18H20N4O2/c1-12-6-4-5-7-16(12)24-10-13(2)21-18(23)14-8-15-17(19-9-14)22(3)11-20-15/h4-9,11,13H,10H2,1-3H3,(H,21,23)/t13-/m1/s1. The third-order valence-electron chi connectivity index (χ3n) is 3.77. The molecule has 0 unspecified atom stereocenters. The number of nitrogens with one attached hydrogen (secondary N) is 1. The molecule has 0 fully saturated rings. The fourth-order valence-electron chi connectivity index (χ4n) is 2.42. The summed E-state index contributed by atoms with van der Waals surface area (Å²) >= 11 is 0. The van der Waals surface area contributed by atoms with Gasteiger partial charge in [-0.05, 0) is 31.5 Å². The molecular formula is C18H20N4O2. The average Bonchev–Trinajstić information content (AvgIpc) is 2.95. The van der Waals surface area contributed by atoms with Crippen LogP contribution in [0.4, 0.5) is 0 Å². The van der Waals surface area contributed by atoms with Gasteiger partial charge in [0, 0.05) is 13.2 Å². The number of para-hydroxylation sites is 1. The number of nitrogens with zero attached hydrogens (tertiary/aromatic N) is 3. The highest BCUT2D eigenvalue weighted by molar-refractivity contribution is 5.96. The molecule has 0 saturated carbocycles. The average molecular weight is 324 g/mol. The molecule has 1 atom stereocenters. The molecule has 2 aromatic heterocycles. The minimum Gasteiger partial charge on any atom is -0.491 e. The SMILES string of the molecule is Cc1ccccc1OC[C@@H](C)NC(=O)c1cnc2c(c1)ncn2C. The predicted octanol–water partition coefficient (Wildman–Crippen LogP) is 2.47. The number of imidazole rings is 1. The zero-order valence-electron chi connectivity index (χ0n) is 14.0. The quantitative estimate of drug-likeness (QED) is 0.783. The Morgan fingerprint density at radius 2 is 2.12 bits per heavy atom. The van der Waals surface area contributed by atoms with Gasteiger partial charge in [0.05, 0.1) is 17.9 Å². The summed E-state index contributed by atoms with van der Waals surface area (Å²) in [6.45, 7) is 4.30. The number of aryl methyl sites for hydroxylation is 2. The minimum atomic E-state index is -0.184. The molecule has 1 N–H and O–H groups in total. The number of rotatable bonds is 5. The van der Waals surface area contributed by atoms with Gasteiger partial charge in [-0.15, -0.1) is 0 Å². The maximum absolute atomic E-state index is 12.3. The Morgan fingerprint density at radius 3 is 2.92 bits per heavy atom. The van der Waals surface area contributed by atoms with Gasteiger partial charge in [-0.25, -0.2) is 9.97 Å². The minimum absolute atomic E-state index is 0.128. The van der Waals surface area contributed by atoms with Gasteiger partial charge in [-0.3, -0.25) is 4.79 Å². The second-order valence-corrected chi connectivity index (χ2v) is 5.87. The van der Waals surface area contributed by atoms with E-state index in [0.29, 0.717) is 17.7 Å². The van der Waals surface area contributed by atoms with Crippen molar-refractivity contribution in [3.8, 4) is 5.75 Å². The van der Waals surface area contributed by atoms with Gasteiger partial charge >= 0.3 is 0 Å². The summed E-state index contributed by atoms with van der Waals surface area (Å²) in [4.78, 5) is 20.8. The number of ether oxygens (including phenoxy) is 1. The topological polar surface area (TPSA) is 69.0 Å². The van der Waals surface area contributed by atoms with E-state index in [2.05, 4.69) is 15.3 Å². The van der Waals surface area contributed by atoms with Gasteiger partial charge in [-0.2, -0.15) is 0 Å². The molecule has 0 saturated heterocycles. The van der Waals surface area contributed by atoms with Crippen LogP contribution in [0, 0.1) is 6.92 Å². The molecule has 1 aromatic carbocycles. The third-order valence-corrected chi connectivity index (χ3v) is 3.77. The van der Waals surface area contributed by atoms with Crippen molar-refractivity contribution in [1.29, 1.82) is 0 Å². The van der Waals surface area contributed by atoms with Crippen molar-refractivity contribution in [2.45, 2.75) is 19.9 Å². The Balaban J connectivity index is 1.61. The molecule has 0 aliphatic carbocycles. The lowest BCUT2D eigenvalue weighted by molar-refractivity contribution is 0.0926. The first-order valence-electron chi connectivity index (χ1n) is 7.81. The van der Waals surface area contributed by atoms with Crippen LogP contribution in [0.2, 0.25) is 0 Å². The highest BCUT2D eigenvalue weighted by atomic mass is 16.5. The molecule has 124 valence electrons. The summed E-state index contributed by atoms with van der Waals surface area (Å²) in [6.07, 6.45) is 3.24. The van der Waals surface area contributed by atoms with E-state index in [1.54, 1.807) is 18.6 Å². The van der Waals surface area contributed by atoms with Gasteiger partial charge in [0.2, 0.25) is 0 Å². The summed E-state index contributed by atoms with van der Waals surface area (Å²) in [6, 6.07) is 9.42. The smallest absolute Gasteiger partial charge is 0.253 e. The van der Waals surface area contributed by atoms with Crippen LogP contribution in [-0.2, 0) is 7.05 Å². The zero-order chi connectivity index (χ0) is 17.1. The Labute approximate surface area is 140 Å². The van der Waals surface area contributed by atoms with Crippen LogP contribution in [-0.4, -0.2) is 33.1 Å². The monoisotopic (exact) mass is 324 g/mol. The molecule has 1 amide bonds. The molecule has 3 aromatic rings. The van der Waals surface area contributed by atoms with Crippen molar-refractivity contribution >= 4 is 17.1 Å². The van der Waals surface area contributed by atoms with Crippen molar-refractivity contribution in [2.24, 2.45) is 7.05 Å². The summed E-state index contributed by atoms with van der Waals surface area (Å²) in [5.74, 6) is 0.645. The van der Waals surface area contributed by atoms with Crippen LogP contribution in [0.1, 0.15) is 22.8 Å². The summed E-state index contributed by atoms with van der Waals surface area (Å²) in [7, 11) is 1.87. The molecule has 6 nitrogen and oxygen atoms in total. The highest BCUT2D eigenvalue weighted by Crippen LogP contribution is 2.16. The van der Waals surface area contributed by atoms with E-state index in [9.17, 15) is 4.79 Å². The van der Waals surface area contributed by atoms with Crippen molar-refractivity contribution in [3.05, 3.63) is 54.0 Å². The number of hydrogen-bond donors (Lipinski definition) is 1. The second kappa shape index (κ2) is 6.70. The molecule has 0 spiro atoms. The molecule has 3 rings (SSSR count). The zero-order valence-corrected chi connectivity index (χ0v) is 14.0. The Hall–Kier alpha value is -2.89. The van der Waals surface area contributed by atoms with Gasteiger partial charge in [-0.1, -0.05) is 18.2 Å². The summed E-state index contributed by atoms with van der Waals surface area (Å²) in [5, 5.41) is 2.92. The first-order valence-corrected chi connectivity index (χ1v) is 7.81. The van der Waals surface area contributed by atoms with Crippen molar-refractivity contribution in [3.63, 3.8) is 0 Å². The molecule has 0 bridgehead atoms. The van der Waals surface area contributed by atoms with E-state index in [1.165, 1.54) is 0 Å². The second-order valence-electron chi connectivity index (χ2n) is 5.87. The van der Waals surface area contributed by atoms with Crippen LogP contribution in [0.5, 0.6) is 5.75 Å². The summed E-state index contributed by atoms with van der Waals surface area (Å²) < 4.78 is 7.58. The highest BCUT2D eigenvalue weighted by Gasteiger charge is 2.13. The lowest BCUT2D eigenvalue weighted by Crippen LogP contribution is -2.36. The third kappa shape index (κ3) is 3.37. The number of hydrogen-bond acceptors (Lipinski definition) is 4. The maximum atomic E-state index is 12.3. The Bertz CT molecular complexity index is 872. The largest absolute Gasteiger partial charge is 0.491 e. The number of aromatic nitrogens is 3.